The van der Waals surface area contributed by atoms with Gasteiger partial charge in [0.15, 0.2) is 5.54 Å². The molecular weight excluding hydrogens is 412 g/mol. The average Bonchev–Trinajstić information content (AvgIpc) is 3.08. The highest BCUT2D eigenvalue weighted by Crippen LogP contribution is 2.37. The van der Waals surface area contributed by atoms with Crippen LogP contribution in [-0.4, -0.2) is 62.0 Å². The first-order valence-corrected chi connectivity index (χ1v) is 9.91. The van der Waals surface area contributed by atoms with Crippen LogP contribution in [0.25, 0.3) is 0 Å². The molecule has 2 aromatic rings. The third kappa shape index (κ3) is 4.07. The number of nitrogens with one attached hydrogen (secondary N) is 1. The first kappa shape index (κ1) is 22.6. The minimum Gasteiger partial charge on any atom is -0.497 e. The normalized spacial score (nSPS) is 14.5. The standard InChI is InChI=1S/C23H24N4O5/c1-26(14-4-13-24)20(28)15-27-21(29)23(25-22(27)30,16-5-9-18(31-2)10-6-16)17-7-11-19(32-3)12-8-17/h5-12H,4,14-15H2,1-3H3,(H,25,30). The first-order valence-electron chi connectivity index (χ1n) is 9.91. The fraction of sp³-hybridized carbons (Fsp3) is 0.304. The molecule has 0 bridgehead atoms. The second-order valence-electron chi connectivity index (χ2n) is 7.25. The van der Waals surface area contributed by atoms with Gasteiger partial charge in [0.1, 0.15) is 18.0 Å². The van der Waals surface area contributed by atoms with Crippen LogP contribution in [0.15, 0.2) is 48.5 Å². The molecular formula is C23H24N4O5. The van der Waals surface area contributed by atoms with Crippen LogP contribution in [0.1, 0.15) is 17.5 Å². The number of nitriles is 1. The number of carbonyl (C=O) groups is 3. The van der Waals surface area contributed by atoms with E-state index in [1.807, 2.05) is 6.07 Å². The van der Waals surface area contributed by atoms with Gasteiger partial charge in [-0.1, -0.05) is 24.3 Å². The number of likely N-dealkylation sites (N-methyl/N-ethyl adjacent to an activating group) is 1. The van der Waals surface area contributed by atoms with Gasteiger partial charge >= 0.3 is 6.03 Å². The smallest absolute Gasteiger partial charge is 0.326 e. The Morgan fingerprint density at radius 3 is 1.97 bits per heavy atom. The molecule has 9 nitrogen and oxygen atoms in total. The lowest BCUT2D eigenvalue weighted by atomic mass is 9.82. The summed E-state index contributed by atoms with van der Waals surface area (Å²) in [5, 5.41) is 11.5. The van der Waals surface area contributed by atoms with Crippen LogP contribution in [-0.2, 0) is 15.1 Å². The van der Waals surface area contributed by atoms with Gasteiger partial charge < -0.3 is 19.7 Å². The molecule has 0 atom stereocenters. The monoisotopic (exact) mass is 436 g/mol. The summed E-state index contributed by atoms with van der Waals surface area (Å²) in [6.45, 7) is -0.220. The summed E-state index contributed by atoms with van der Waals surface area (Å²) < 4.78 is 10.4. The summed E-state index contributed by atoms with van der Waals surface area (Å²) >= 11 is 0. The summed E-state index contributed by atoms with van der Waals surface area (Å²) in [7, 11) is 4.60. The molecule has 3 rings (SSSR count). The van der Waals surface area contributed by atoms with Gasteiger partial charge in [-0.2, -0.15) is 5.26 Å². The van der Waals surface area contributed by atoms with Crippen LogP contribution in [0.3, 0.4) is 0 Å². The van der Waals surface area contributed by atoms with Gasteiger partial charge in [0.25, 0.3) is 5.91 Å². The number of amides is 4. The van der Waals surface area contributed by atoms with Crippen LogP contribution in [0.4, 0.5) is 4.79 Å². The number of imide groups is 1. The molecule has 4 amide bonds. The summed E-state index contributed by atoms with van der Waals surface area (Å²) in [6.07, 6.45) is 0.157. The van der Waals surface area contributed by atoms with E-state index in [0.717, 1.165) is 4.90 Å². The number of carbonyl (C=O) groups excluding carboxylic acids is 3. The zero-order valence-corrected chi connectivity index (χ0v) is 18.1. The number of hydrogen-bond acceptors (Lipinski definition) is 6. The van der Waals surface area contributed by atoms with Crippen molar-refractivity contribution >= 4 is 17.8 Å². The Morgan fingerprint density at radius 1 is 1.03 bits per heavy atom. The zero-order chi connectivity index (χ0) is 23.3. The van der Waals surface area contributed by atoms with E-state index in [1.54, 1.807) is 48.5 Å². The van der Waals surface area contributed by atoms with Crippen LogP contribution in [0.2, 0.25) is 0 Å². The molecule has 32 heavy (non-hydrogen) atoms. The Balaban J connectivity index is 2.01. The predicted molar refractivity (Wildman–Crippen MR) is 115 cm³/mol. The SMILES string of the molecule is COc1ccc(C2(c3ccc(OC)cc3)NC(=O)N(CC(=O)N(C)CCC#N)C2=O)cc1. The van der Waals surface area contributed by atoms with Gasteiger partial charge in [-0.25, -0.2) is 4.79 Å². The van der Waals surface area contributed by atoms with Crippen molar-refractivity contribution < 1.29 is 23.9 Å². The number of benzene rings is 2. The average molecular weight is 436 g/mol. The minimum atomic E-state index is -1.51. The van der Waals surface area contributed by atoms with Gasteiger partial charge in [0.05, 0.1) is 26.7 Å². The topological polar surface area (TPSA) is 112 Å². The second-order valence-corrected chi connectivity index (χ2v) is 7.25. The molecule has 1 saturated heterocycles. The lowest BCUT2D eigenvalue weighted by molar-refractivity contribution is -0.137. The van der Waals surface area contributed by atoms with E-state index in [0.29, 0.717) is 22.6 Å². The summed E-state index contributed by atoms with van der Waals surface area (Å²) in [4.78, 5) is 41.3. The maximum absolute atomic E-state index is 13.7. The number of nitrogens with zero attached hydrogens (tertiary/aromatic N) is 3. The van der Waals surface area contributed by atoms with Crippen LogP contribution >= 0.6 is 0 Å². The molecule has 0 spiro atoms. The maximum atomic E-state index is 13.7. The van der Waals surface area contributed by atoms with Crippen LogP contribution < -0.4 is 14.8 Å². The van der Waals surface area contributed by atoms with Crippen molar-refractivity contribution in [2.75, 3.05) is 34.4 Å². The van der Waals surface area contributed by atoms with Crippen molar-refractivity contribution in [3.63, 3.8) is 0 Å². The number of methoxy groups -OCH3 is 2. The molecule has 1 aliphatic heterocycles. The fourth-order valence-corrected chi connectivity index (χ4v) is 3.56. The summed E-state index contributed by atoms with van der Waals surface area (Å²) in [6, 6.07) is 14.9. The van der Waals surface area contributed by atoms with Crippen molar-refractivity contribution in [1.29, 1.82) is 5.26 Å². The van der Waals surface area contributed by atoms with E-state index >= 15 is 0 Å². The highest BCUT2D eigenvalue weighted by atomic mass is 16.5. The predicted octanol–water partition coefficient (Wildman–Crippen LogP) is 1.87. The Hall–Kier alpha value is -4.06. The lowest BCUT2D eigenvalue weighted by Crippen LogP contribution is -2.46. The highest BCUT2D eigenvalue weighted by Gasteiger charge is 2.54. The van der Waals surface area contributed by atoms with E-state index in [4.69, 9.17) is 14.7 Å². The number of hydrogen-bond donors (Lipinski definition) is 1. The third-order valence-electron chi connectivity index (χ3n) is 5.43. The van der Waals surface area contributed by atoms with Crippen LogP contribution in [0, 0.1) is 11.3 Å². The van der Waals surface area contributed by atoms with Gasteiger partial charge in [-0.05, 0) is 35.4 Å². The molecule has 1 N–H and O–H groups in total. The highest BCUT2D eigenvalue weighted by molar-refractivity contribution is 6.11. The second kappa shape index (κ2) is 9.39. The molecule has 9 heteroatoms. The van der Waals surface area contributed by atoms with Gasteiger partial charge in [-0.3, -0.25) is 14.5 Å². The van der Waals surface area contributed by atoms with E-state index < -0.39 is 29.9 Å². The van der Waals surface area contributed by atoms with E-state index in [9.17, 15) is 14.4 Å². The molecule has 2 aromatic carbocycles. The molecule has 1 fully saturated rings. The molecule has 0 unspecified atom stereocenters. The van der Waals surface area contributed by atoms with Gasteiger partial charge in [0, 0.05) is 13.6 Å². The molecule has 1 aliphatic rings. The molecule has 0 aromatic heterocycles. The zero-order valence-electron chi connectivity index (χ0n) is 18.1. The Morgan fingerprint density at radius 2 is 1.53 bits per heavy atom. The van der Waals surface area contributed by atoms with Gasteiger partial charge in [-0.15, -0.1) is 0 Å². The number of urea groups is 1. The maximum Gasteiger partial charge on any atom is 0.326 e. The van der Waals surface area contributed by atoms with Crippen molar-refractivity contribution in [1.82, 2.24) is 15.1 Å². The van der Waals surface area contributed by atoms with Crippen molar-refractivity contribution in [2.45, 2.75) is 12.0 Å². The van der Waals surface area contributed by atoms with Crippen molar-refractivity contribution in [3.05, 3.63) is 59.7 Å². The van der Waals surface area contributed by atoms with E-state index in [-0.39, 0.29) is 13.0 Å². The largest absolute Gasteiger partial charge is 0.497 e. The number of ether oxygens (including phenoxy) is 2. The van der Waals surface area contributed by atoms with E-state index in [1.165, 1.54) is 26.2 Å². The summed E-state index contributed by atoms with van der Waals surface area (Å²) in [5.41, 5.74) is -0.467. The molecule has 0 radical (unpaired) electrons. The fourth-order valence-electron chi connectivity index (χ4n) is 3.56. The van der Waals surface area contributed by atoms with Crippen LogP contribution in [0.5, 0.6) is 11.5 Å². The van der Waals surface area contributed by atoms with Gasteiger partial charge in [0.2, 0.25) is 5.91 Å². The number of rotatable bonds is 8. The first-order chi connectivity index (χ1) is 15.4. The Labute approximate surface area is 186 Å². The molecule has 166 valence electrons. The lowest BCUT2D eigenvalue weighted by Gasteiger charge is -2.28. The van der Waals surface area contributed by atoms with Crippen molar-refractivity contribution in [3.8, 4) is 17.6 Å². The minimum absolute atomic E-state index is 0.157. The van der Waals surface area contributed by atoms with Crippen molar-refractivity contribution in [2.24, 2.45) is 0 Å². The third-order valence-corrected chi connectivity index (χ3v) is 5.43. The molecule has 1 heterocycles. The van der Waals surface area contributed by atoms with E-state index in [2.05, 4.69) is 5.32 Å². The Kier molecular flexibility index (Phi) is 6.64. The summed E-state index contributed by atoms with van der Waals surface area (Å²) in [5.74, 6) is 0.187. The quantitative estimate of drug-likeness (QED) is 0.633. The Bertz CT molecular complexity index is 996. The molecule has 0 saturated carbocycles. The molecule has 0 aliphatic carbocycles.